The molecule has 0 fully saturated rings. The molecule has 0 spiro atoms. The Kier molecular flexibility index (Phi) is 4.52. The highest BCUT2D eigenvalue weighted by atomic mass is 16.6. The lowest BCUT2D eigenvalue weighted by Gasteiger charge is -2.09. The highest BCUT2D eigenvalue weighted by molar-refractivity contribution is 5.94. The molecule has 8 nitrogen and oxygen atoms in total. The molecule has 1 atom stereocenters. The summed E-state index contributed by atoms with van der Waals surface area (Å²) < 4.78 is 4.92. The molecule has 0 aliphatic rings. The molecule has 22 heavy (non-hydrogen) atoms. The number of hydrogen-bond acceptors (Lipinski definition) is 6. The van der Waals surface area contributed by atoms with Crippen molar-refractivity contribution in [3.63, 3.8) is 0 Å². The molecule has 8 heteroatoms. The average molecular weight is 305 g/mol. The summed E-state index contributed by atoms with van der Waals surface area (Å²) in [6.07, 6.45) is 1.73. The molecule has 0 aliphatic heterocycles. The monoisotopic (exact) mass is 305 g/mol. The van der Waals surface area contributed by atoms with Gasteiger partial charge in [0.1, 0.15) is 17.4 Å². The second-order valence-electron chi connectivity index (χ2n) is 4.55. The van der Waals surface area contributed by atoms with E-state index >= 15 is 0 Å². The number of nitro groups is 1. The van der Waals surface area contributed by atoms with E-state index in [1.54, 1.807) is 19.1 Å². The van der Waals surface area contributed by atoms with Crippen LogP contribution in [0.15, 0.2) is 24.5 Å². The second kappa shape index (κ2) is 6.35. The summed E-state index contributed by atoms with van der Waals surface area (Å²) >= 11 is 0. The van der Waals surface area contributed by atoms with Crippen molar-refractivity contribution in [2.45, 2.75) is 20.0 Å². The van der Waals surface area contributed by atoms with E-state index in [1.165, 1.54) is 19.3 Å². The van der Waals surface area contributed by atoms with Gasteiger partial charge in [0.15, 0.2) is 0 Å². The van der Waals surface area contributed by atoms with Crippen LogP contribution >= 0.6 is 0 Å². The fraction of sp³-hybridized carbons (Fsp3) is 0.286. The fourth-order valence-corrected chi connectivity index (χ4v) is 2.17. The lowest BCUT2D eigenvalue weighted by atomic mass is 10.0. The van der Waals surface area contributed by atoms with Crippen molar-refractivity contribution in [3.8, 4) is 0 Å². The predicted octanol–water partition coefficient (Wildman–Crippen LogP) is 1.88. The van der Waals surface area contributed by atoms with E-state index in [-0.39, 0.29) is 29.2 Å². The van der Waals surface area contributed by atoms with Crippen molar-refractivity contribution in [1.29, 1.82) is 0 Å². The Balaban J connectivity index is 2.56. The molecule has 0 bridgehead atoms. The van der Waals surface area contributed by atoms with Crippen LogP contribution in [-0.4, -0.2) is 32.6 Å². The third-order valence-corrected chi connectivity index (χ3v) is 3.21. The number of nitrogens with zero attached hydrogens (tertiary/aromatic N) is 2. The third-order valence-electron chi connectivity index (χ3n) is 3.21. The molecule has 0 saturated carbocycles. The van der Waals surface area contributed by atoms with Crippen molar-refractivity contribution in [1.82, 2.24) is 9.97 Å². The summed E-state index contributed by atoms with van der Waals surface area (Å²) in [7, 11) is 0. The number of nitrogens with one attached hydrogen (secondary N) is 1. The molecule has 0 radical (unpaired) electrons. The Hall–Kier alpha value is -2.74. The van der Waals surface area contributed by atoms with Gasteiger partial charge < -0.3 is 20.0 Å². The van der Waals surface area contributed by atoms with E-state index < -0.39 is 17.0 Å². The van der Waals surface area contributed by atoms with E-state index in [9.17, 15) is 20.0 Å². The summed E-state index contributed by atoms with van der Waals surface area (Å²) in [4.78, 5) is 28.8. The molecule has 0 amide bonds. The number of hydrogen-bond donors (Lipinski definition) is 2. The molecule has 2 heterocycles. The summed E-state index contributed by atoms with van der Waals surface area (Å²) in [5, 5.41) is 21.5. The molecule has 0 aliphatic carbocycles. The van der Waals surface area contributed by atoms with Crippen molar-refractivity contribution >= 4 is 11.8 Å². The largest absolute Gasteiger partial charge is 0.462 e. The third kappa shape index (κ3) is 2.82. The minimum atomic E-state index is -1.23. The van der Waals surface area contributed by atoms with Crippen LogP contribution in [0.5, 0.6) is 0 Å². The Morgan fingerprint density at radius 1 is 1.50 bits per heavy atom. The van der Waals surface area contributed by atoms with Crippen LogP contribution in [0.1, 0.15) is 40.2 Å². The maximum absolute atomic E-state index is 12.1. The van der Waals surface area contributed by atoms with Crippen LogP contribution in [0.4, 0.5) is 5.82 Å². The number of pyridine rings is 1. The molecule has 2 aromatic heterocycles. The minimum absolute atomic E-state index is 0.0159. The minimum Gasteiger partial charge on any atom is -0.462 e. The van der Waals surface area contributed by atoms with Gasteiger partial charge >= 0.3 is 11.8 Å². The normalized spacial score (nSPS) is 12.0. The number of H-pyrrole nitrogens is 1. The average Bonchev–Trinajstić information content (AvgIpc) is 2.85. The number of aromatic nitrogens is 2. The zero-order valence-electron chi connectivity index (χ0n) is 12.1. The van der Waals surface area contributed by atoms with Crippen molar-refractivity contribution in [3.05, 3.63) is 57.0 Å². The highest BCUT2D eigenvalue weighted by Gasteiger charge is 2.32. The van der Waals surface area contributed by atoms with Gasteiger partial charge in [-0.2, -0.15) is 0 Å². The van der Waals surface area contributed by atoms with Crippen LogP contribution in [-0.2, 0) is 4.74 Å². The van der Waals surface area contributed by atoms with Crippen LogP contribution < -0.4 is 0 Å². The lowest BCUT2D eigenvalue weighted by molar-refractivity contribution is -0.389. The topological polar surface area (TPSA) is 118 Å². The smallest absolute Gasteiger partial charge is 0.342 e. The van der Waals surface area contributed by atoms with Gasteiger partial charge in [-0.15, -0.1) is 0 Å². The van der Waals surface area contributed by atoms with Crippen molar-refractivity contribution < 1.29 is 19.6 Å². The van der Waals surface area contributed by atoms with Gasteiger partial charge in [0, 0.05) is 12.4 Å². The first-order chi connectivity index (χ1) is 10.5. The molecular weight excluding hydrogens is 290 g/mol. The molecular formula is C14H15N3O5. The zero-order chi connectivity index (χ0) is 16.3. The summed E-state index contributed by atoms with van der Waals surface area (Å²) in [6.45, 7) is 3.19. The van der Waals surface area contributed by atoms with Gasteiger partial charge in [-0.1, -0.05) is 0 Å². The van der Waals surface area contributed by atoms with Crippen molar-refractivity contribution in [2.75, 3.05) is 6.61 Å². The van der Waals surface area contributed by atoms with Gasteiger partial charge in [0.05, 0.1) is 12.2 Å². The number of carbonyl (C=O) groups is 1. The van der Waals surface area contributed by atoms with Crippen LogP contribution in [0.3, 0.4) is 0 Å². The summed E-state index contributed by atoms with van der Waals surface area (Å²) in [6, 6.07) is 3.11. The number of aromatic amines is 1. The lowest BCUT2D eigenvalue weighted by Crippen LogP contribution is -2.11. The van der Waals surface area contributed by atoms with Crippen LogP contribution in [0, 0.1) is 17.0 Å². The Bertz CT molecular complexity index is 696. The molecule has 116 valence electrons. The van der Waals surface area contributed by atoms with E-state index in [1.807, 2.05) is 0 Å². The SMILES string of the molecule is CCOC(=O)c1c([C@@H](O)c2ccncc2)[nH]c([N+](=O)[O-])c1C. The van der Waals surface area contributed by atoms with Gasteiger partial charge in [-0.3, -0.25) is 4.98 Å². The van der Waals surface area contributed by atoms with Gasteiger partial charge in [0.2, 0.25) is 0 Å². The van der Waals surface area contributed by atoms with Crippen LogP contribution in [0.25, 0.3) is 0 Å². The fourth-order valence-electron chi connectivity index (χ4n) is 2.17. The molecule has 2 N–H and O–H groups in total. The number of aliphatic hydroxyl groups excluding tert-OH is 1. The quantitative estimate of drug-likeness (QED) is 0.494. The standard InChI is InChI=1S/C14H15N3O5/c1-3-22-14(19)10-8(2)13(17(20)21)16-11(10)12(18)9-4-6-15-7-5-9/h4-7,12,16,18H,3H2,1-2H3/t12-/m0/s1. The van der Waals surface area contributed by atoms with Gasteiger partial charge in [-0.25, -0.2) is 9.78 Å². The molecule has 0 aromatic carbocycles. The first kappa shape index (κ1) is 15.6. The van der Waals surface area contributed by atoms with Gasteiger partial charge in [-0.05, 0) is 36.5 Å². The van der Waals surface area contributed by atoms with E-state index in [4.69, 9.17) is 4.74 Å². The first-order valence-electron chi connectivity index (χ1n) is 6.59. The summed E-state index contributed by atoms with van der Waals surface area (Å²) in [5.74, 6) is -1.06. The Labute approximate surface area is 125 Å². The summed E-state index contributed by atoms with van der Waals surface area (Å²) in [5.41, 5.74) is 0.606. The molecule has 2 aromatic rings. The molecule has 2 rings (SSSR count). The number of aliphatic hydroxyl groups is 1. The van der Waals surface area contributed by atoms with Crippen molar-refractivity contribution in [2.24, 2.45) is 0 Å². The molecule has 0 saturated heterocycles. The van der Waals surface area contributed by atoms with E-state index in [0.29, 0.717) is 5.56 Å². The number of esters is 1. The Morgan fingerprint density at radius 3 is 2.68 bits per heavy atom. The van der Waals surface area contributed by atoms with Gasteiger partial charge in [0.25, 0.3) is 0 Å². The first-order valence-corrected chi connectivity index (χ1v) is 6.59. The highest BCUT2D eigenvalue weighted by Crippen LogP contribution is 2.32. The number of ether oxygens (including phenoxy) is 1. The number of rotatable bonds is 5. The number of carbonyl (C=O) groups excluding carboxylic acids is 1. The Morgan fingerprint density at radius 2 is 2.14 bits per heavy atom. The zero-order valence-corrected chi connectivity index (χ0v) is 12.1. The predicted molar refractivity (Wildman–Crippen MR) is 76.4 cm³/mol. The van der Waals surface area contributed by atoms with E-state index in [2.05, 4.69) is 9.97 Å². The van der Waals surface area contributed by atoms with Crippen LogP contribution in [0.2, 0.25) is 0 Å². The second-order valence-corrected chi connectivity index (χ2v) is 4.55. The van der Waals surface area contributed by atoms with E-state index in [0.717, 1.165) is 0 Å². The maximum Gasteiger partial charge on any atom is 0.342 e. The molecule has 0 unspecified atom stereocenters. The maximum atomic E-state index is 12.1.